The highest BCUT2D eigenvalue weighted by atomic mass is 16.2. The van der Waals surface area contributed by atoms with Crippen molar-refractivity contribution in [3.8, 4) is 0 Å². The van der Waals surface area contributed by atoms with E-state index in [1.165, 1.54) is 11.1 Å². The Balaban J connectivity index is 1.75. The third-order valence-electron chi connectivity index (χ3n) is 5.72. The van der Waals surface area contributed by atoms with Crippen molar-refractivity contribution >= 4 is 11.8 Å². The Labute approximate surface area is 169 Å². The van der Waals surface area contributed by atoms with Gasteiger partial charge in [-0.1, -0.05) is 18.2 Å². The van der Waals surface area contributed by atoms with E-state index in [1.807, 2.05) is 25.7 Å². The topological polar surface area (TPSA) is 55.9 Å². The van der Waals surface area contributed by atoms with E-state index in [9.17, 15) is 9.59 Å². The molecule has 1 atom stereocenters. The van der Waals surface area contributed by atoms with Crippen molar-refractivity contribution in [3.63, 3.8) is 0 Å². The summed E-state index contributed by atoms with van der Waals surface area (Å²) in [6.07, 6.45) is 0. The summed E-state index contributed by atoms with van der Waals surface area (Å²) in [5.74, 6) is 0.247. The monoisotopic (exact) mass is 388 g/mol. The molecule has 28 heavy (non-hydrogen) atoms. The van der Waals surface area contributed by atoms with Gasteiger partial charge in [-0.3, -0.25) is 19.4 Å². The molecule has 1 N–H and O–H groups in total. The molecule has 1 aliphatic heterocycles. The Hall–Kier alpha value is -1.92. The number of nitrogens with one attached hydrogen (secondary N) is 1. The molecule has 0 aliphatic carbocycles. The van der Waals surface area contributed by atoms with E-state index < -0.39 is 0 Å². The highest BCUT2D eigenvalue weighted by Crippen LogP contribution is 2.16. The fourth-order valence-corrected chi connectivity index (χ4v) is 3.58. The van der Waals surface area contributed by atoms with Crippen molar-refractivity contribution in [2.75, 3.05) is 52.4 Å². The first kappa shape index (κ1) is 22.4. The maximum Gasteiger partial charge on any atom is 0.236 e. The number of hydrogen-bond donors (Lipinski definition) is 1. The zero-order valence-electron chi connectivity index (χ0n) is 18.1. The Kier molecular flexibility index (Phi) is 8.45. The minimum Gasteiger partial charge on any atom is -0.348 e. The summed E-state index contributed by atoms with van der Waals surface area (Å²) in [5, 5.41) is 3.11. The minimum absolute atomic E-state index is 0.000203. The minimum atomic E-state index is -0.000203. The van der Waals surface area contributed by atoms with Crippen LogP contribution in [0.2, 0.25) is 0 Å². The van der Waals surface area contributed by atoms with Crippen LogP contribution in [0.15, 0.2) is 18.2 Å². The van der Waals surface area contributed by atoms with Gasteiger partial charge in [0.15, 0.2) is 0 Å². The van der Waals surface area contributed by atoms with Crippen molar-refractivity contribution in [2.24, 2.45) is 0 Å². The van der Waals surface area contributed by atoms with Crippen LogP contribution in [-0.2, 0) is 9.59 Å². The van der Waals surface area contributed by atoms with Gasteiger partial charge in [0, 0.05) is 39.3 Å². The predicted octanol–water partition coefficient (Wildman–Crippen LogP) is 1.97. The molecule has 0 bridgehead atoms. The number of piperazine rings is 1. The number of carbonyl (C=O) groups is 2. The van der Waals surface area contributed by atoms with Gasteiger partial charge < -0.3 is 10.2 Å². The highest BCUT2D eigenvalue weighted by molar-refractivity contribution is 5.79. The van der Waals surface area contributed by atoms with Gasteiger partial charge in [-0.15, -0.1) is 0 Å². The fourth-order valence-electron chi connectivity index (χ4n) is 3.58. The first-order chi connectivity index (χ1) is 13.3. The maximum atomic E-state index is 12.4. The van der Waals surface area contributed by atoms with Gasteiger partial charge in [-0.2, -0.15) is 0 Å². The molecule has 2 amide bonds. The lowest BCUT2D eigenvalue weighted by Gasteiger charge is -2.35. The van der Waals surface area contributed by atoms with Crippen LogP contribution in [-0.4, -0.2) is 78.9 Å². The quantitative estimate of drug-likeness (QED) is 0.740. The number of amides is 2. The molecule has 156 valence electrons. The predicted molar refractivity (Wildman–Crippen MR) is 113 cm³/mol. The first-order valence-electron chi connectivity index (χ1n) is 10.4. The van der Waals surface area contributed by atoms with E-state index in [0.717, 1.165) is 44.8 Å². The van der Waals surface area contributed by atoms with Crippen molar-refractivity contribution in [2.45, 2.75) is 40.7 Å². The number of benzene rings is 1. The van der Waals surface area contributed by atoms with Gasteiger partial charge in [-0.25, -0.2) is 0 Å². The molecule has 0 spiro atoms. The van der Waals surface area contributed by atoms with E-state index in [1.54, 1.807) is 0 Å². The maximum absolute atomic E-state index is 12.4. The summed E-state index contributed by atoms with van der Waals surface area (Å²) >= 11 is 0. The Morgan fingerprint density at radius 1 is 1.00 bits per heavy atom. The number of aryl methyl sites for hydroxylation is 2. The van der Waals surface area contributed by atoms with Crippen LogP contribution >= 0.6 is 0 Å². The number of likely N-dealkylation sites (N-methyl/N-ethyl adjacent to an activating group) is 1. The zero-order chi connectivity index (χ0) is 20.7. The van der Waals surface area contributed by atoms with Crippen LogP contribution in [0.1, 0.15) is 43.5 Å². The molecule has 1 saturated heterocycles. The molecule has 0 radical (unpaired) electrons. The summed E-state index contributed by atoms with van der Waals surface area (Å²) in [6.45, 7) is 15.9. The smallest absolute Gasteiger partial charge is 0.236 e. The van der Waals surface area contributed by atoms with Gasteiger partial charge in [-0.05, 0) is 51.3 Å². The number of rotatable bonds is 8. The summed E-state index contributed by atoms with van der Waals surface area (Å²) in [7, 11) is 0. The third kappa shape index (κ3) is 6.31. The molecule has 6 heteroatoms. The van der Waals surface area contributed by atoms with Gasteiger partial charge in [0.1, 0.15) is 0 Å². The molecule has 1 aromatic rings. The van der Waals surface area contributed by atoms with Gasteiger partial charge >= 0.3 is 0 Å². The van der Waals surface area contributed by atoms with Crippen LogP contribution < -0.4 is 5.32 Å². The second-order valence-corrected chi connectivity index (χ2v) is 7.75. The fraction of sp³-hybridized carbons (Fsp3) is 0.636. The van der Waals surface area contributed by atoms with E-state index in [-0.39, 0.29) is 17.9 Å². The standard InChI is InChI=1S/C22H36N4O2/c1-6-26(7-2)22(28)16-25-12-10-24(11-13-25)15-21(27)23-19(5)20-9-8-17(3)18(4)14-20/h8-9,14,19H,6-7,10-13,15-16H2,1-5H3,(H,23,27). The van der Waals surface area contributed by atoms with Crippen LogP contribution in [0.3, 0.4) is 0 Å². The summed E-state index contributed by atoms with van der Waals surface area (Å²) in [5.41, 5.74) is 3.64. The van der Waals surface area contributed by atoms with Gasteiger partial charge in [0.2, 0.25) is 11.8 Å². The lowest BCUT2D eigenvalue weighted by atomic mass is 10.0. The molecular formula is C22H36N4O2. The van der Waals surface area contributed by atoms with Crippen LogP contribution in [0.4, 0.5) is 0 Å². The first-order valence-corrected chi connectivity index (χ1v) is 10.4. The average molecular weight is 389 g/mol. The molecule has 1 fully saturated rings. The van der Waals surface area contributed by atoms with E-state index >= 15 is 0 Å². The van der Waals surface area contributed by atoms with Crippen LogP contribution in [0.25, 0.3) is 0 Å². The molecule has 1 heterocycles. The average Bonchev–Trinajstić information content (AvgIpc) is 2.66. The SMILES string of the molecule is CCN(CC)C(=O)CN1CCN(CC(=O)NC(C)c2ccc(C)c(C)c2)CC1. The largest absolute Gasteiger partial charge is 0.348 e. The molecule has 1 unspecified atom stereocenters. The Morgan fingerprint density at radius 2 is 1.57 bits per heavy atom. The lowest BCUT2D eigenvalue weighted by Crippen LogP contribution is -2.52. The van der Waals surface area contributed by atoms with Crippen LogP contribution in [0.5, 0.6) is 0 Å². The zero-order valence-corrected chi connectivity index (χ0v) is 18.1. The molecule has 1 aromatic carbocycles. The van der Waals surface area contributed by atoms with Gasteiger partial charge in [0.25, 0.3) is 0 Å². The summed E-state index contributed by atoms with van der Waals surface area (Å²) in [4.78, 5) is 30.9. The summed E-state index contributed by atoms with van der Waals surface area (Å²) < 4.78 is 0. The van der Waals surface area contributed by atoms with E-state index in [2.05, 4.69) is 47.2 Å². The normalized spacial score (nSPS) is 16.6. The molecular weight excluding hydrogens is 352 g/mol. The van der Waals surface area contributed by atoms with Crippen LogP contribution in [0, 0.1) is 13.8 Å². The van der Waals surface area contributed by atoms with E-state index in [4.69, 9.17) is 0 Å². The van der Waals surface area contributed by atoms with Crippen molar-refractivity contribution in [1.29, 1.82) is 0 Å². The number of carbonyl (C=O) groups excluding carboxylic acids is 2. The molecule has 2 rings (SSSR count). The third-order valence-corrected chi connectivity index (χ3v) is 5.72. The van der Waals surface area contributed by atoms with Crippen molar-refractivity contribution in [1.82, 2.24) is 20.0 Å². The Morgan fingerprint density at radius 3 is 2.11 bits per heavy atom. The second-order valence-electron chi connectivity index (χ2n) is 7.75. The van der Waals surface area contributed by atoms with Crippen molar-refractivity contribution < 1.29 is 9.59 Å². The Bertz CT molecular complexity index is 665. The van der Waals surface area contributed by atoms with Crippen molar-refractivity contribution in [3.05, 3.63) is 34.9 Å². The van der Waals surface area contributed by atoms with Gasteiger partial charge in [0.05, 0.1) is 19.1 Å². The number of hydrogen-bond acceptors (Lipinski definition) is 4. The molecule has 0 saturated carbocycles. The molecule has 6 nitrogen and oxygen atoms in total. The second kappa shape index (κ2) is 10.6. The number of nitrogens with zero attached hydrogens (tertiary/aromatic N) is 3. The molecule has 1 aliphatic rings. The highest BCUT2D eigenvalue weighted by Gasteiger charge is 2.22. The lowest BCUT2D eigenvalue weighted by molar-refractivity contribution is -0.133. The molecule has 0 aromatic heterocycles. The van der Waals surface area contributed by atoms with E-state index in [0.29, 0.717) is 13.1 Å². The summed E-state index contributed by atoms with van der Waals surface area (Å²) in [6, 6.07) is 6.33.